The predicted octanol–water partition coefficient (Wildman–Crippen LogP) is 3.30. The summed E-state index contributed by atoms with van der Waals surface area (Å²) in [6, 6.07) is 6.45. The highest BCUT2D eigenvalue weighted by Crippen LogP contribution is 2.27. The minimum Gasteiger partial charge on any atom is -0.322 e. The zero-order chi connectivity index (χ0) is 15.6. The molecule has 2 rings (SSSR count). The van der Waals surface area contributed by atoms with Gasteiger partial charge in [0.2, 0.25) is 5.91 Å². The Morgan fingerprint density at radius 1 is 1.38 bits per heavy atom. The maximum Gasteiger partial charge on any atom is 0.237 e. The predicted molar refractivity (Wildman–Crippen MR) is 83.0 cm³/mol. The third-order valence-electron chi connectivity index (χ3n) is 3.27. The maximum absolute atomic E-state index is 13.6. The standard InChI is InChI=1S/C15H18FN3OS/c1-9-14(10(2)19(4)18-9)17-15(20)11(3)21-13-8-6-5-7-12(13)16/h5-8,11H,1-4H3,(H,17,20). The number of aryl methyl sites for hydroxylation is 2. The van der Waals surface area contributed by atoms with Crippen LogP contribution >= 0.6 is 11.8 Å². The fourth-order valence-electron chi connectivity index (χ4n) is 1.96. The van der Waals surface area contributed by atoms with Gasteiger partial charge < -0.3 is 5.32 Å². The van der Waals surface area contributed by atoms with E-state index in [9.17, 15) is 9.18 Å². The molecule has 0 saturated heterocycles. The molecule has 0 fully saturated rings. The van der Waals surface area contributed by atoms with Gasteiger partial charge in [0.05, 0.1) is 22.3 Å². The van der Waals surface area contributed by atoms with Crippen LogP contribution in [0.15, 0.2) is 29.2 Å². The molecule has 0 spiro atoms. The van der Waals surface area contributed by atoms with Gasteiger partial charge in [0.15, 0.2) is 0 Å². The van der Waals surface area contributed by atoms with Crippen molar-refractivity contribution in [3.05, 3.63) is 41.5 Å². The van der Waals surface area contributed by atoms with Gasteiger partial charge in [-0.1, -0.05) is 12.1 Å². The monoisotopic (exact) mass is 307 g/mol. The number of anilines is 1. The van der Waals surface area contributed by atoms with Crippen LogP contribution in [0.4, 0.5) is 10.1 Å². The average molecular weight is 307 g/mol. The van der Waals surface area contributed by atoms with Gasteiger partial charge in [0.25, 0.3) is 0 Å². The van der Waals surface area contributed by atoms with Crippen LogP contribution in [0.25, 0.3) is 0 Å². The van der Waals surface area contributed by atoms with E-state index < -0.39 is 5.25 Å². The quantitative estimate of drug-likeness (QED) is 0.882. The van der Waals surface area contributed by atoms with Gasteiger partial charge >= 0.3 is 0 Å². The van der Waals surface area contributed by atoms with Gasteiger partial charge in [-0.15, -0.1) is 11.8 Å². The summed E-state index contributed by atoms with van der Waals surface area (Å²) < 4.78 is 15.3. The molecule has 21 heavy (non-hydrogen) atoms. The van der Waals surface area contributed by atoms with E-state index >= 15 is 0 Å². The summed E-state index contributed by atoms with van der Waals surface area (Å²) in [6.07, 6.45) is 0. The summed E-state index contributed by atoms with van der Waals surface area (Å²) in [6.45, 7) is 5.50. The summed E-state index contributed by atoms with van der Waals surface area (Å²) in [5.41, 5.74) is 2.39. The molecule has 1 N–H and O–H groups in total. The highest BCUT2D eigenvalue weighted by atomic mass is 32.2. The largest absolute Gasteiger partial charge is 0.322 e. The molecule has 0 aliphatic heterocycles. The number of amides is 1. The summed E-state index contributed by atoms with van der Waals surface area (Å²) in [4.78, 5) is 12.7. The number of carbonyl (C=O) groups is 1. The minimum atomic E-state index is -0.402. The van der Waals surface area contributed by atoms with Crippen molar-refractivity contribution in [3.8, 4) is 0 Å². The number of rotatable bonds is 4. The molecule has 1 aromatic heterocycles. The molecule has 0 bridgehead atoms. The zero-order valence-electron chi connectivity index (χ0n) is 12.5. The number of halogens is 1. The lowest BCUT2D eigenvalue weighted by Crippen LogP contribution is -2.23. The Balaban J connectivity index is 2.08. The number of benzene rings is 1. The molecule has 1 unspecified atom stereocenters. The van der Waals surface area contributed by atoms with E-state index in [1.54, 1.807) is 29.8 Å². The van der Waals surface area contributed by atoms with E-state index in [-0.39, 0.29) is 11.7 Å². The molecule has 4 nitrogen and oxygen atoms in total. The van der Waals surface area contributed by atoms with Crippen LogP contribution in [0.2, 0.25) is 0 Å². The van der Waals surface area contributed by atoms with Crippen molar-refractivity contribution in [1.29, 1.82) is 0 Å². The smallest absolute Gasteiger partial charge is 0.237 e. The fourth-order valence-corrected chi connectivity index (χ4v) is 2.85. The van der Waals surface area contributed by atoms with Crippen molar-refractivity contribution >= 4 is 23.4 Å². The van der Waals surface area contributed by atoms with E-state index in [0.717, 1.165) is 17.1 Å². The first kappa shape index (κ1) is 15.6. The average Bonchev–Trinajstić information content (AvgIpc) is 2.67. The Morgan fingerprint density at radius 2 is 2.05 bits per heavy atom. The van der Waals surface area contributed by atoms with E-state index in [4.69, 9.17) is 0 Å². The molecule has 1 atom stereocenters. The molecular formula is C15H18FN3OS. The Morgan fingerprint density at radius 3 is 2.62 bits per heavy atom. The first-order valence-corrected chi connectivity index (χ1v) is 7.50. The second-order valence-corrected chi connectivity index (χ2v) is 6.23. The lowest BCUT2D eigenvalue weighted by molar-refractivity contribution is -0.115. The number of hydrogen-bond donors (Lipinski definition) is 1. The number of thioether (sulfide) groups is 1. The molecule has 0 aliphatic carbocycles. The zero-order valence-corrected chi connectivity index (χ0v) is 13.3. The van der Waals surface area contributed by atoms with Crippen molar-refractivity contribution in [3.63, 3.8) is 0 Å². The topological polar surface area (TPSA) is 46.9 Å². The third-order valence-corrected chi connectivity index (χ3v) is 4.42. The van der Waals surface area contributed by atoms with Crippen LogP contribution in [0.3, 0.4) is 0 Å². The molecule has 1 aromatic carbocycles. The first-order chi connectivity index (χ1) is 9.90. The number of nitrogens with one attached hydrogen (secondary N) is 1. The molecule has 0 radical (unpaired) electrons. The lowest BCUT2D eigenvalue weighted by Gasteiger charge is -2.12. The maximum atomic E-state index is 13.6. The van der Waals surface area contributed by atoms with E-state index in [1.165, 1.54) is 17.8 Å². The van der Waals surface area contributed by atoms with Crippen LogP contribution < -0.4 is 5.32 Å². The molecule has 112 valence electrons. The molecule has 2 aromatic rings. The Bertz CT molecular complexity index is 669. The molecule has 6 heteroatoms. The van der Waals surface area contributed by atoms with Crippen LogP contribution in [0.5, 0.6) is 0 Å². The molecule has 1 heterocycles. The van der Waals surface area contributed by atoms with E-state index in [0.29, 0.717) is 4.90 Å². The van der Waals surface area contributed by atoms with Gasteiger partial charge in [0.1, 0.15) is 5.82 Å². The number of aromatic nitrogens is 2. The van der Waals surface area contributed by atoms with Gasteiger partial charge in [-0.3, -0.25) is 9.48 Å². The van der Waals surface area contributed by atoms with E-state index in [1.807, 2.05) is 20.9 Å². The number of nitrogens with zero attached hydrogens (tertiary/aromatic N) is 2. The molecule has 0 saturated carbocycles. The molecular weight excluding hydrogens is 289 g/mol. The SMILES string of the molecule is Cc1nn(C)c(C)c1NC(=O)C(C)Sc1ccccc1F. The van der Waals surface area contributed by atoms with Crippen molar-refractivity contribution in [1.82, 2.24) is 9.78 Å². The van der Waals surface area contributed by atoms with Crippen molar-refractivity contribution < 1.29 is 9.18 Å². The summed E-state index contributed by atoms with van der Waals surface area (Å²) in [7, 11) is 1.83. The van der Waals surface area contributed by atoms with Crippen LogP contribution in [-0.2, 0) is 11.8 Å². The molecule has 1 amide bonds. The number of hydrogen-bond acceptors (Lipinski definition) is 3. The minimum absolute atomic E-state index is 0.164. The van der Waals surface area contributed by atoms with Gasteiger partial charge in [-0.25, -0.2) is 4.39 Å². The highest BCUT2D eigenvalue weighted by molar-refractivity contribution is 8.00. The lowest BCUT2D eigenvalue weighted by atomic mass is 10.3. The second kappa shape index (κ2) is 6.30. The van der Waals surface area contributed by atoms with E-state index in [2.05, 4.69) is 10.4 Å². The normalized spacial score (nSPS) is 12.2. The van der Waals surface area contributed by atoms with Gasteiger partial charge in [-0.05, 0) is 32.9 Å². The van der Waals surface area contributed by atoms with Crippen molar-refractivity contribution in [2.75, 3.05) is 5.32 Å². The third kappa shape index (κ3) is 3.44. The van der Waals surface area contributed by atoms with Crippen LogP contribution in [0.1, 0.15) is 18.3 Å². The van der Waals surface area contributed by atoms with Crippen molar-refractivity contribution in [2.24, 2.45) is 7.05 Å². The summed E-state index contributed by atoms with van der Waals surface area (Å²) >= 11 is 1.20. The van der Waals surface area contributed by atoms with Crippen LogP contribution in [-0.4, -0.2) is 20.9 Å². The van der Waals surface area contributed by atoms with Crippen molar-refractivity contribution in [2.45, 2.75) is 30.9 Å². The van der Waals surface area contributed by atoms with Gasteiger partial charge in [-0.2, -0.15) is 5.10 Å². The van der Waals surface area contributed by atoms with Crippen LogP contribution in [0, 0.1) is 19.7 Å². The highest BCUT2D eigenvalue weighted by Gasteiger charge is 2.19. The van der Waals surface area contributed by atoms with Gasteiger partial charge in [0, 0.05) is 11.9 Å². The molecule has 0 aliphatic rings. The Labute approximate surface area is 127 Å². The summed E-state index contributed by atoms with van der Waals surface area (Å²) in [5.74, 6) is -0.474. The number of carbonyl (C=O) groups excluding carboxylic acids is 1. The summed E-state index contributed by atoms with van der Waals surface area (Å²) in [5, 5.41) is 6.73. The first-order valence-electron chi connectivity index (χ1n) is 6.62. The fraction of sp³-hybridized carbons (Fsp3) is 0.333. The second-order valence-electron chi connectivity index (χ2n) is 4.85. The Hall–Kier alpha value is -1.82. The Kier molecular flexibility index (Phi) is 4.67.